The predicted molar refractivity (Wildman–Crippen MR) is 96.6 cm³/mol. The summed E-state index contributed by atoms with van der Waals surface area (Å²) in [7, 11) is 0. The van der Waals surface area contributed by atoms with Gasteiger partial charge in [0, 0.05) is 37.9 Å². The summed E-state index contributed by atoms with van der Waals surface area (Å²) < 4.78 is 0. The normalized spacial score (nSPS) is 25.1. The number of nitrogens with zero attached hydrogens (tertiary/aromatic N) is 2. The highest BCUT2D eigenvalue weighted by Gasteiger charge is 2.35. The molecule has 2 heteroatoms. The van der Waals surface area contributed by atoms with E-state index in [1.54, 1.807) is 0 Å². The van der Waals surface area contributed by atoms with Crippen molar-refractivity contribution in [2.75, 3.05) is 24.5 Å². The average Bonchev–Trinajstić information content (AvgIpc) is 2.63. The smallest absolute Gasteiger partial charge is 0.0368 e. The van der Waals surface area contributed by atoms with Crippen LogP contribution in [0.15, 0.2) is 60.7 Å². The fraction of sp³-hybridized carbons (Fsp3) is 0.429. The summed E-state index contributed by atoms with van der Waals surface area (Å²) in [5.74, 6) is 0.821. The summed E-state index contributed by atoms with van der Waals surface area (Å²) in [6.45, 7) is 4.81. The maximum atomic E-state index is 2.67. The fourth-order valence-electron chi connectivity index (χ4n) is 4.40. The lowest BCUT2D eigenvalue weighted by Crippen LogP contribution is -2.54. The summed E-state index contributed by atoms with van der Waals surface area (Å²) in [5, 5.41) is 0. The number of hydrogen-bond acceptors (Lipinski definition) is 2. The van der Waals surface area contributed by atoms with Crippen LogP contribution in [0.2, 0.25) is 0 Å². The second-order valence-electron chi connectivity index (χ2n) is 7.01. The molecule has 0 N–H and O–H groups in total. The van der Waals surface area contributed by atoms with Crippen LogP contribution in [0, 0.1) is 5.92 Å². The quantitative estimate of drug-likeness (QED) is 0.839. The van der Waals surface area contributed by atoms with Crippen molar-refractivity contribution in [1.82, 2.24) is 4.90 Å². The van der Waals surface area contributed by atoms with Gasteiger partial charge < -0.3 is 4.90 Å². The van der Waals surface area contributed by atoms with E-state index in [1.807, 2.05) is 0 Å². The zero-order valence-corrected chi connectivity index (χ0v) is 13.8. The maximum Gasteiger partial charge on any atom is 0.0368 e. The minimum atomic E-state index is 0.734. The van der Waals surface area contributed by atoms with Gasteiger partial charge in [-0.05, 0) is 42.9 Å². The zero-order chi connectivity index (χ0) is 15.5. The fourth-order valence-corrected chi connectivity index (χ4v) is 4.40. The molecular formula is C21H26N2. The van der Waals surface area contributed by atoms with Gasteiger partial charge in [0.1, 0.15) is 0 Å². The van der Waals surface area contributed by atoms with E-state index in [9.17, 15) is 0 Å². The first-order valence-corrected chi connectivity index (χ1v) is 8.98. The van der Waals surface area contributed by atoms with Gasteiger partial charge in [-0.3, -0.25) is 4.90 Å². The van der Waals surface area contributed by atoms with E-state index in [-0.39, 0.29) is 0 Å². The van der Waals surface area contributed by atoms with Crippen LogP contribution in [0.1, 0.15) is 24.8 Å². The van der Waals surface area contributed by atoms with Crippen LogP contribution in [0.25, 0.3) is 0 Å². The Bertz CT molecular complexity index is 610. The largest absolute Gasteiger partial charge is 0.368 e. The van der Waals surface area contributed by atoms with Crippen molar-refractivity contribution in [3.8, 4) is 0 Å². The van der Waals surface area contributed by atoms with E-state index >= 15 is 0 Å². The van der Waals surface area contributed by atoms with Gasteiger partial charge in [-0.15, -0.1) is 0 Å². The molecule has 0 saturated carbocycles. The lowest BCUT2D eigenvalue weighted by Gasteiger charge is -2.48. The van der Waals surface area contributed by atoms with Crippen molar-refractivity contribution in [3.63, 3.8) is 0 Å². The minimum Gasteiger partial charge on any atom is -0.368 e. The summed E-state index contributed by atoms with van der Waals surface area (Å²) in [6, 6.07) is 22.7. The van der Waals surface area contributed by atoms with Gasteiger partial charge in [-0.1, -0.05) is 48.5 Å². The molecule has 4 rings (SSSR count). The van der Waals surface area contributed by atoms with Gasteiger partial charge in [0.2, 0.25) is 0 Å². The first-order chi connectivity index (χ1) is 11.4. The van der Waals surface area contributed by atoms with E-state index < -0.39 is 0 Å². The Morgan fingerprint density at radius 1 is 0.826 bits per heavy atom. The first kappa shape index (κ1) is 14.8. The highest BCUT2D eigenvalue weighted by Crippen LogP contribution is 2.34. The number of rotatable bonds is 3. The van der Waals surface area contributed by atoms with Gasteiger partial charge in [-0.2, -0.15) is 0 Å². The highest BCUT2D eigenvalue weighted by molar-refractivity contribution is 5.47. The maximum absolute atomic E-state index is 2.67. The molecule has 2 heterocycles. The zero-order valence-electron chi connectivity index (χ0n) is 13.8. The molecule has 2 aromatic carbocycles. The van der Waals surface area contributed by atoms with Crippen LogP contribution in [-0.4, -0.2) is 30.6 Å². The summed E-state index contributed by atoms with van der Waals surface area (Å²) >= 11 is 0. The number of para-hydroxylation sites is 1. The summed E-state index contributed by atoms with van der Waals surface area (Å²) in [4.78, 5) is 5.33. The van der Waals surface area contributed by atoms with E-state index in [0.717, 1.165) is 18.5 Å². The van der Waals surface area contributed by atoms with Crippen LogP contribution < -0.4 is 4.90 Å². The van der Waals surface area contributed by atoms with Crippen molar-refractivity contribution < 1.29 is 0 Å². The molecular weight excluding hydrogens is 280 g/mol. The van der Waals surface area contributed by atoms with Crippen molar-refractivity contribution in [2.45, 2.75) is 31.8 Å². The van der Waals surface area contributed by atoms with Crippen molar-refractivity contribution >= 4 is 5.69 Å². The minimum absolute atomic E-state index is 0.734. The Kier molecular flexibility index (Phi) is 4.34. The second kappa shape index (κ2) is 6.76. The average molecular weight is 306 g/mol. The van der Waals surface area contributed by atoms with Crippen LogP contribution in [0.3, 0.4) is 0 Å². The number of anilines is 1. The molecule has 0 radical (unpaired) electrons. The molecule has 2 saturated heterocycles. The SMILES string of the molecule is c1ccc(CN2CCC3C(CCCN3c3ccccc3)C2)cc1. The summed E-state index contributed by atoms with van der Waals surface area (Å²) in [6.07, 6.45) is 4.01. The molecule has 0 aliphatic carbocycles. The van der Waals surface area contributed by atoms with E-state index in [4.69, 9.17) is 0 Å². The molecule has 23 heavy (non-hydrogen) atoms. The van der Waals surface area contributed by atoms with E-state index in [2.05, 4.69) is 70.5 Å². The van der Waals surface area contributed by atoms with E-state index in [0.29, 0.717) is 0 Å². The van der Waals surface area contributed by atoms with Gasteiger partial charge >= 0.3 is 0 Å². The van der Waals surface area contributed by atoms with Crippen LogP contribution in [-0.2, 0) is 6.54 Å². The summed E-state index contributed by atoms with van der Waals surface area (Å²) in [5.41, 5.74) is 2.86. The number of benzene rings is 2. The molecule has 0 bridgehead atoms. The van der Waals surface area contributed by atoms with Crippen LogP contribution in [0.5, 0.6) is 0 Å². The molecule has 2 unspecified atom stereocenters. The van der Waals surface area contributed by atoms with Gasteiger partial charge in [-0.25, -0.2) is 0 Å². The molecule has 2 aliphatic heterocycles. The number of likely N-dealkylation sites (tertiary alicyclic amines) is 1. The Morgan fingerprint density at radius 2 is 1.57 bits per heavy atom. The number of hydrogen-bond donors (Lipinski definition) is 0. The molecule has 2 atom stereocenters. The molecule has 0 amide bonds. The molecule has 120 valence electrons. The highest BCUT2D eigenvalue weighted by atomic mass is 15.2. The van der Waals surface area contributed by atoms with Gasteiger partial charge in [0.25, 0.3) is 0 Å². The number of fused-ring (bicyclic) bond motifs is 1. The molecule has 2 fully saturated rings. The van der Waals surface area contributed by atoms with Gasteiger partial charge in [0.05, 0.1) is 0 Å². The molecule has 2 aliphatic rings. The van der Waals surface area contributed by atoms with Crippen LogP contribution in [0.4, 0.5) is 5.69 Å². The lowest BCUT2D eigenvalue weighted by molar-refractivity contribution is 0.124. The Labute approximate surface area is 139 Å². The predicted octanol–water partition coefficient (Wildman–Crippen LogP) is 4.18. The van der Waals surface area contributed by atoms with Crippen molar-refractivity contribution in [3.05, 3.63) is 66.2 Å². The Morgan fingerprint density at radius 3 is 2.35 bits per heavy atom. The molecule has 2 nitrogen and oxygen atoms in total. The Balaban J connectivity index is 1.44. The third-order valence-electron chi connectivity index (χ3n) is 5.49. The number of piperidine rings is 2. The molecule has 0 spiro atoms. The molecule has 0 aromatic heterocycles. The van der Waals surface area contributed by atoms with Crippen molar-refractivity contribution in [1.29, 1.82) is 0 Å². The van der Waals surface area contributed by atoms with Crippen molar-refractivity contribution in [2.24, 2.45) is 5.92 Å². The first-order valence-electron chi connectivity index (χ1n) is 8.98. The standard InChI is InChI=1S/C21H26N2/c1-3-8-18(9-4-1)16-22-15-13-21-19(17-22)10-7-14-23(21)20-11-5-2-6-12-20/h1-6,8-9,11-12,19,21H,7,10,13-17H2. The third kappa shape index (κ3) is 3.28. The molecule has 2 aromatic rings. The second-order valence-corrected chi connectivity index (χ2v) is 7.01. The van der Waals surface area contributed by atoms with Gasteiger partial charge in [0.15, 0.2) is 0 Å². The third-order valence-corrected chi connectivity index (χ3v) is 5.49. The monoisotopic (exact) mass is 306 g/mol. The van der Waals surface area contributed by atoms with E-state index in [1.165, 1.54) is 50.1 Å². The lowest BCUT2D eigenvalue weighted by atomic mass is 9.83. The topological polar surface area (TPSA) is 6.48 Å². The van der Waals surface area contributed by atoms with Crippen LogP contribution >= 0.6 is 0 Å². The Hall–Kier alpha value is -1.80.